The Balaban J connectivity index is 1.57. The Hall–Kier alpha value is -2.17. The first-order chi connectivity index (χ1) is 14.7. The highest BCUT2D eigenvalue weighted by Crippen LogP contribution is 2.40. The number of benzene rings is 1. The number of pyridine rings is 1. The number of fused-ring (bicyclic) bond motifs is 1. The number of anilines is 1. The van der Waals surface area contributed by atoms with Crippen molar-refractivity contribution >= 4 is 45.2 Å². The second kappa shape index (κ2) is 8.40. The fraction of sp³-hybridized carbons (Fsp3) is 0.417. The van der Waals surface area contributed by atoms with E-state index in [1.807, 2.05) is 6.07 Å². The fourth-order valence-corrected chi connectivity index (χ4v) is 5.61. The van der Waals surface area contributed by atoms with Gasteiger partial charge in [0.25, 0.3) is 0 Å². The average Bonchev–Trinajstić information content (AvgIpc) is 3.00. The predicted octanol–water partition coefficient (Wildman–Crippen LogP) is 5.29. The molecular weight excluding hydrogens is 474 g/mol. The number of thioether (sulfide) groups is 1. The van der Waals surface area contributed by atoms with Crippen LogP contribution in [0.4, 0.5) is 5.69 Å². The van der Waals surface area contributed by atoms with Crippen LogP contribution in [0.1, 0.15) is 50.4 Å². The molecule has 160 valence electrons. The van der Waals surface area contributed by atoms with Crippen molar-refractivity contribution in [2.45, 2.75) is 56.7 Å². The Bertz CT molecular complexity index is 1090. The summed E-state index contributed by atoms with van der Waals surface area (Å²) in [6.07, 6.45) is 2.97. The third-order valence-corrected chi connectivity index (χ3v) is 7.86. The zero-order chi connectivity index (χ0) is 22.3. The number of nitriles is 1. The van der Waals surface area contributed by atoms with E-state index in [9.17, 15) is 14.9 Å². The summed E-state index contributed by atoms with van der Waals surface area (Å²) in [5.74, 6) is 0.0724. The van der Waals surface area contributed by atoms with E-state index < -0.39 is 5.25 Å². The van der Waals surface area contributed by atoms with Gasteiger partial charge < -0.3 is 0 Å². The molecule has 31 heavy (non-hydrogen) atoms. The van der Waals surface area contributed by atoms with E-state index in [-0.39, 0.29) is 23.7 Å². The molecule has 2 heterocycles. The van der Waals surface area contributed by atoms with E-state index in [2.05, 4.69) is 42.8 Å². The smallest absolute Gasteiger partial charge is 0.247 e. The second-order valence-electron chi connectivity index (χ2n) is 9.22. The normalized spacial score (nSPS) is 21.2. The fourth-order valence-electron chi connectivity index (χ4n) is 4.25. The summed E-state index contributed by atoms with van der Waals surface area (Å²) >= 11 is 4.61. The molecule has 4 rings (SSSR count). The number of hydrogen-bond donors (Lipinski definition) is 0. The van der Waals surface area contributed by atoms with E-state index >= 15 is 0 Å². The van der Waals surface area contributed by atoms with Crippen LogP contribution in [0.15, 0.2) is 39.8 Å². The Morgan fingerprint density at radius 1 is 1.19 bits per heavy atom. The zero-order valence-corrected chi connectivity index (χ0v) is 20.2. The molecule has 0 radical (unpaired) electrons. The molecule has 2 unspecified atom stereocenters. The molecule has 1 fully saturated rings. The quantitative estimate of drug-likeness (QED) is 0.538. The summed E-state index contributed by atoms with van der Waals surface area (Å²) in [6.45, 7) is 6.77. The first-order valence-corrected chi connectivity index (χ1v) is 12.1. The number of carbonyl (C=O) groups excluding carboxylic acids is 2. The van der Waals surface area contributed by atoms with Gasteiger partial charge in [0.15, 0.2) is 0 Å². The van der Waals surface area contributed by atoms with Crippen molar-refractivity contribution < 1.29 is 9.59 Å². The second-order valence-corrected chi connectivity index (χ2v) is 11.3. The van der Waals surface area contributed by atoms with E-state index in [0.717, 1.165) is 35.0 Å². The Labute approximate surface area is 195 Å². The van der Waals surface area contributed by atoms with Crippen molar-refractivity contribution in [3.05, 3.63) is 51.6 Å². The van der Waals surface area contributed by atoms with Gasteiger partial charge in [-0.1, -0.05) is 48.5 Å². The van der Waals surface area contributed by atoms with Crippen molar-refractivity contribution in [3.8, 4) is 6.07 Å². The third kappa shape index (κ3) is 4.42. The van der Waals surface area contributed by atoms with Crippen molar-refractivity contribution in [1.29, 1.82) is 5.26 Å². The van der Waals surface area contributed by atoms with Gasteiger partial charge in [-0.15, -0.1) is 0 Å². The SMILES string of the molecule is CC(C)(C)C1CCc2nc(SC3CC(=O)N(c4ccc(Br)cc4)C3=O)c(C#N)cc2C1. The van der Waals surface area contributed by atoms with Crippen LogP contribution in [0.25, 0.3) is 0 Å². The lowest BCUT2D eigenvalue weighted by atomic mass is 9.71. The van der Waals surface area contributed by atoms with Crippen molar-refractivity contribution in [1.82, 2.24) is 4.98 Å². The molecule has 2 aromatic rings. The van der Waals surface area contributed by atoms with Crippen LogP contribution in [0.2, 0.25) is 0 Å². The topological polar surface area (TPSA) is 74.1 Å². The lowest BCUT2D eigenvalue weighted by Crippen LogP contribution is -2.31. The van der Waals surface area contributed by atoms with Gasteiger partial charge in [-0.2, -0.15) is 5.26 Å². The Kier molecular flexibility index (Phi) is 5.97. The van der Waals surface area contributed by atoms with Crippen molar-refractivity contribution in [2.24, 2.45) is 11.3 Å². The molecule has 2 amide bonds. The number of aromatic nitrogens is 1. The number of hydrogen-bond acceptors (Lipinski definition) is 5. The van der Waals surface area contributed by atoms with Crippen LogP contribution in [-0.2, 0) is 22.4 Å². The highest BCUT2D eigenvalue weighted by Gasteiger charge is 2.41. The lowest BCUT2D eigenvalue weighted by molar-refractivity contribution is -0.121. The average molecular weight is 498 g/mol. The Morgan fingerprint density at radius 2 is 1.90 bits per heavy atom. The summed E-state index contributed by atoms with van der Waals surface area (Å²) in [7, 11) is 0. The van der Waals surface area contributed by atoms with E-state index in [1.165, 1.54) is 16.7 Å². The van der Waals surface area contributed by atoms with Gasteiger partial charge in [-0.3, -0.25) is 9.59 Å². The molecule has 2 atom stereocenters. The van der Waals surface area contributed by atoms with Crippen LogP contribution >= 0.6 is 27.7 Å². The summed E-state index contributed by atoms with van der Waals surface area (Å²) in [6, 6.07) is 11.3. The van der Waals surface area contributed by atoms with Gasteiger partial charge in [-0.25, -0.2) is 9.88 Å². The van der Waals surface area contributed by atoms with Crippen LogP contribution in [0.3, 0.4) is 0 Å². The van der Waals surface area contributed by atoms with E-state index in [1.54, 1.807) is 24.3 Å². The molecule has 0 N–H and O–H groups in total. The van der Waals surface area contributed by atoms with Crippen LogP contribution < -0.4 is 4.90 Å². The maximum Gasteiger partial charge on any atom is 0.247 e. The Morgan fingerprint density at radius 3 is 2.55 bits per heavy atom. The standard InChI is InChI=1S/C24H24BrN3O2S/c1-24(2,3)16-4-9-19-14(11-16)10-15(13-26)22(27-19)31-20-12-21(29)28(23(20)30)18-7-5-17(25)6-8-18/h5-8,10,16,20H,4,9,11-12H2,1-3H3. The minimum Gasteiger partial charge on any atom is -0.274 e. The molecule has 1 saturated heterocycles. The predicted molar refractivity (Wildman–Crippen MR) is 125 cm³/mol. The molecule has 0 saturated carbocycles. The summed E-state index contributed by atoms with van der Waals surface area (Å²) in [5.41, 5.74) is 3.42. The van der Waals surface area contributed by atoms with E-state index in [4.69, 9.17) is 4.98 Å². The van der Waals surface area contributed by atoms with Crippen molar-refractivity contribution in [2.75, 3.05) is 4.90 Å². The van der Waals surface area contributed by atoms with Gasteiger partial charge in [0, 0.05) is 16.6 Å². The number of nitrogens with zero attached hydrogens (tertiary/aromatic N) is 3. The zero-order valence-electron chi connectivity index (χ0n) is 17.8. The highest BCUT2D eigenvalue weighted by atomic mass is 79.9. The molecule has 2 aliphatic rings. The van der Waals surface area contributed by atoms with Crippen LogP contribution in [-0.4, -0.2) is 22.0 Å². The first kappa shape index (κ1) is 22.0. The number of imide groups is 1. The molecule has 0 spiro atoms. The molecule has 1 aromatic carbocycles. The van der Waals surface area contributed by atoms with Gasteiger partial charge in [0.1, 0.15) is 11.1 Å². The largest absolute Gasteiger partial charge is 0.274 e. The number of aryl methyl sites for hydroxylation is 1. The minimum absolute atomic E-state index is 0.106. The number of amides is 2. The summed E-state index contributed by atoms with van der Waals surface area (Å²) < 4.78 is 0.881. The first-order valence-electron chi connectivity index (χ1n) is 10.4. The molecule has 1 aliphatic carbocycles. The van der Waals surface area contributed by atoms with Crippen LogP contribution in [0, 0.1) is 22.7 Å². The lowest BCUT2D eigenvalue weighted by Gasteiger charge is -2.34. The number of rotatable bonds is 3. The van der Waals surface area contributed by atoms with E-state index in [0.29, 0.717) is 22.2 Å². The highest BCUT2D eigenvalue weighted by molar-refractivity contribution is 9.10. The van der Waals surface area contributed by atoms with Crippen molar-refractivity contribution in [3.63, 3.8) is 0 Å². The maximum absolute atomic E-state index is 13.0. The van der Waals surface area contributed by atoms with Gasteiger partial charge in [0.05, 0.1) is 16.5 Å². The third-order valence-electron chi connectivity index (χ3n) is 6.14. The summed E-state index contributed by atoms with van der Waals surface area (Å²) in [4.78, 5) is 31.6. The molecule has 5 nitrogen and oxygen atoms in total. The maximum atomic E-state index is 13.0. The number of halogens is 1. The monoisotopic (exact) mass is 497 g/mol. The molecule has 1 aliphatic heterocycles. The molecule has 1 aromatic heterocycles. The molecule has 7 heteroatoms. The molecule has 0 bridgehead atoms. The van der Waals surface area contributed by atoms with Gasteiger partial charge in [-0.05, 0) is 66.5 Å². The van der Waals surface area contributed by atoms with Gasteiger partial charge >= 0.3 is 0 Å². The number of carbonyl (C=O) groups is 2. The summed E-state index contributed by atoms with van der Waals surface area (Å²) in [5, 5.41) is 9.71. The van der Waals surface area contributed by atoms with Crippen LogP contribution in [0.5, 0.6) is 0 Å². The molecular formula is C24H24BrN3O2S. The van der Waals surface area contributed by atoms with Gasteiger partial charge in [0.2, 0.25) is 11.8 Å². The minimum atomic E-state index is -0.570.